The molecule has 4 rings (SSSR count). The number of ether oxygens (including phenoxy) is 1. The van der Waals surface area contributed by atoms with Crippen molar-refractivity contribution >= 4 is 32.4 Å². The number of rotatable bonds is 4. The van der Waals surface area contributed by atoms with Crippen molar-refractivity contribution in [1.82, 2.24) is 19.4 Å². The van der Waals surface area contributed by atoms with Crippen LogP contribution >= 0.6 is 0 Å². The van der Waals surface area contributed by atoms with Gasteiger partial charge in [-0.1, -0.05) is 6.08 Å². The summed E-state index contributed by atoms with van der Waals surface area (Å²) in [5.41, 5.74) is 3.09. The average Bonchev–Trinajstić information content (AvgIpc) is 3.15. The summed E-state index contributed by atoms with van der Waals surface area (Å²) in [5, 5.41) is 0.865. The molecule has 0 saturated carbocycles. The molecule has 0 spiro atoms. The SMILES string of the molecule is CC(C)(C)OC(=O)N1CC=C(c2cnc(Cn3ccc4cc(S(C)(=O)=O)ccc43)cn2)CC1. The Morgan fingerprint density at radius 2 is 1.94 bits per heavy atom. The van der Waals surface area contributed by atoms with E-state index < -0.39 is 15.4 Å². The van der Waals surface area contributed by atoms with E-state index in [9.17, 15) is 13.2 Å². The molecule has 0 radical (unpaired) electrons. The monoisotopic (exact) mass is 468 g/mol. The lowest BCUT2D eigenvalue weighted by Gasteiger charge is -2.29. The summed E-state index contributed by atoms with van der Waals surface area (Å²) in [6.45, 7) is 7.16. The molecule has 1 aliphatic rings. The number of hydrogen-bond acceptors (Lipinski definition) is 6. The Balaban J connectivity index is 1.44. The van der Waals surface area contributed by atoms with E-state index in [1.807, 2.05) is 49.7 Å². The number of sulfone groups is 1. The van der Waals surface area contributed by atoms with Crippen molar-refractivity contribution < 1.29 is 17.9 Å². The minimum atomic E-state index is -3.24. The van der Waals surface area contributed by atoms with Crippen LogP contribution in [-0.4, -0.2) is 58.9 Å². The number of hydrogen-bond donors (Lipinski definition) is 0. The Bertz CT molecular complexity index is 1320. The first kappa shape index (κ1) is 23.0. The van der Waals surface area contributed by atoms with E-state index in [0.29, 0.717) is 31.0 Å². The van der Waals surface area contributed by atoms with Gasteiger partial charge in [-0.15, -0.1) is 0 Å². The summed E-state index contributed by atoms with van der Waals surface area (Å²) in [6, 6.07) is 7.02. The molecule has 8 nitrogen and oxygen atoms in total. The topological polar surface area (TPSA) is 94.4 Å². The zero-order chi connectivity index (χ0) is 23.8. The van der Waals surface area contributed by atoms with Crippen LogP contribution in [0.15, 0.2) is 53.8 Å². The first-order valence-electron chi connectivity index (χ1n) is 10.8. The summed E-state index contributed by atoms with van der Waals surface area (Å²) >= 11 is 0. The zero-order valence-corrected chi connectivity index (χ0v) is 20.1. The van der Waals surface area contributed by atoms with Gasteiger partial charge in [-0.25, -0.2) is 13.2 Å². The number of aromatic nitrogens is 3. The van der Waals surface area contributed by atoms with Gasteiger partial charge in [0.1, 0.15) is 5.60 Å². The van der Waals surface area contributed by atoms with Crippen molar-refractivity contribution in [3.63, 3.8) is 0 Å². The molecule has 1 amide bonds. The predicted octanol–water partition coefficient (Wildman–Crippen LogP) is 3.91. The molecule has 3 heterocycles. The lowest BCUT2D eigenvalue weighted by Crippen LogP contribution is -2.39. The summed E-state index contributed by atoms with van der Waals surface area (Å²) < 4.78 is 31.0. The molecule has 1 aliphatic heterocycles. The van der Waals surface area contributed by atoms with Crippen LogP contribution in [-0.2, 0) is 21.1 Å². The van der Waals surface area contributed by atoms with Crippen LogP contribution in [0.5, 0.6) is 0 Å². The van der Waals surface area contributed by atoms with E-state index in [0.717, 1.165) is 27.9 Å². The molecular weight excluding hydrogens is 440 g/mol. The number of fused-ring (bicyclic) bond motifs is 1. The van der Waals surface area contributed by atoms with Crippen molar-refractivity contribution in [3.8, 4) is 0 Å². The van der Waals surface area contributed by atoms with E-state index in [1.54, 1.807) is 29.4 Å². The van der Waals surface area contributed by atoms with Crippen LogP contribution in [0.1, 0.15) is 38.6 Å². The second kappa shape index (κ2) is 8.62. The molecule has 2 aromatic heterocycles. The van der Waals surface area contributed by atoms with E-state index >= 15 is 0 Å². The molecular formula is C24H28N4O4S. The van der Waals surface area contributed by atoms with Gasteiger partial charge in [-0.2, -0.15) is 0 Å². The summed E-state index contributed by atoms with van der Waals surface area (Å²) in [4.78, 5) is 23.4. The predicted molar refractivity (Wildman–Crippen MR) is 127 cm³/mol. The van der Waals surface area contributed by atoms with Gasteiger partial charge in [-0.3, -0.25) is 9.97 Å². The highest BCUT2D eigenvalue weighted by atomic mass is 32.2. The third-order valence-corrected chi connectivity index (χ3v) is 6.51. The molecule has 0 bridgehead atoms. The largest absolute Gasteiger partial charge is 0.444 e. The third-order valence-electron chi connectivity index (χ3n) is 5.40. The van der Waals surface area contributed by atoms with Gasteiger partial charge in [0.2, 0.25) is 0 Å². The fraction of sp³-hybridized carbons (Fsp3) is 0.375. The molecule has 1 aromatic carbocycles. The molecule has 9 heteroatoms. The molecule has 0 unspecified atom stereocenters. The van der Waals surface area contributed by atoms with Gasteiger partial charge >= 0.3 is 6.09 Å². The van der Waals surface area contributed by atoms with Crippen LogP contribution in [0, 0.1) is 0 Å². The van der Waals surface area contributed by atoms with Crippen LogP contribution < -0.4 is 0 Å². The van der Waals surface area contributed by atoms with E-state index in [-0.39, 0.29) is 6.09 Å². The smallest absolute Gasteiger partial charge is 0.410 e. The molecule has 33 heavy (non-hydrogen) atoms. The Morgan fingerprint density at radius 3 is 2.55 bits per heavy atom. The number of nitrogens with zero attached hydrogens (tertiary/aromatic N) is 4. The van der Waals surface area contributed by atoms with Crippen molar-refractivity contribution in [3.05, 3.63) is 60.3 Å². The maximum Gasteiger partial charge on any atom is 0.410 e. The van der Waals surface area contributed by atoms with Crippen molar-refractivity contribution in [2.24, 2.45) is 0 Å². The average molecular weight is 469 g/mol. The first-order chi connectivity index (χ1) is 15.5. The van der Waals surface area contributed by atoms with Crippen molar-refractivity contribution in [2.45, 2.75) is 44.2 Å². The number of carbonyl (C=O) groups is 1. The van der Waals surface area contributed by atoms with Crippen LogP contribution in [0.2, 0.25) is 0 Å². The van der Waals surface area contributed by atoms with Gasteiger partial charge in [0.05, 0.1) is 35.2 Å². The van der Waals surface area contributed by atoms with E-state index in [4.69, 9.17) is 4.74 Å². The number of carbonyl (C=O) groups excluding carboxylic acids is 1. The van der Waals surface area contributed by atoms with Gasteiger partial charge in [0.25, 0.3) is 0 Å². The Kier molecular flexibility index (Phi) is 6.00. The molecule has 0 N–H and O–H groups in total. The highest BCUT2D eigenvalue weighted by molar-refractivity contribution is 7.90. The summed E-state index contributed by atoms with van der Waals surface area (Å²) in [7, 11) is -3.24. The van der Waals surface area contributed by atoms with E-state index in [2.05, 4.69) is 9.97 Å². The zero-order valence-electron chi connectivity index (χ0n) is 19.3. The minimum Gasteiger partial charge on any atom is -0.444 e. The Morgan fingerprint density at radius 1 is 1.15 bits per heavy atom. The summed E-state index contributed by atoms with van der Waals surface area (Å²) in [6.07, 6.45) is 9.03. The molecule has 0 atom stereocenters. The normalized spacial score (nSPS) is 14.9. The second-order valence-corrected chi connectivity index (χ2v) is 11.3. The van der Waals surface area contributed by atoms with E-state index in [1.165, 1.54) is 6.26 Å². The third kappa shape index (κ3) is 5.42. The Labute approximate surface area is 193 Å². The fourth-order valence-corrected chi connectivity index (χ4v) is 4.37. The van der Waals surface area contributed by atoms with Crippen LogP contribution in [0.25, 0.3) is 16.5 Å². The first-order valence-corrected chi connectivity index (χ1v) is 12.7. The molecule has 3 aromatic rings. The summed E-state index contributed by atoms with van der Waals surface area (Å²) in [5.74, 6) is 0. The van der Waals surface area contributed by atoms with Gasteiger partial charge in [0.15, 0.2) is 9.84 Å². The Hall–Kier alpha value is -3.20. The van der Waals surface area contributed by atoms with Crippen molar-refractivity contribution in [2.75, 3.05) is 19.3 Å². The standard InChI is InChI=1S/C24H28N4O4S/c1-24(2,3)32-23(29)27-10-7-17(8-11-27)21-15-25-19(14-26-21)16-28-12-9-18-13-20(33(4,30)31)5-6-22(18)28/h5-7,9,12-15H,8,10-11,16H2,1-4H3. The molecule has 0 saturated heterocycles. The maximum atomic E-state index is 12.2. The minimum absolute atomic E-state index is 0.304. The van der Waals surface area contributed by atoms with Gasteiger partial charge < -0.3 is 14.2 Å². The highest BCUT2D eigenvalue weighted by Crippen LogP contribution is 2.23. The molecule has 0 aliphatic carbocycles. The fourth-order valence-electron chi connectivity index (χ4n) is 3.72. The van der Waals surface area contributed by atoms with Gasteiger partial charge in [0, 0.05) is 36.4 Å². The maximum absolute atomic E-state index is 12.2. The number of amides is 1. The van der Waals surface area contributed by atoms with Crippen LogP contribution in [0.4, 0.5) is 4.79 Å². The van der Waals surface area contributed by atoms with Crippen LogP contribution in [0.3, 0.4) is 0 Å². The number of benzene rings is 1. The lowest BCUT2D eigenvalue weighted by molar-refractivity contribution is 0.0270. The van der Waals surface area contributed by atoms with Gasteiger partial charge in [-0.05, 0) is 57.0 Å². The molecule has 174 valence electrons. The second-order valence-electron chi connectivity index (χ2n) is 9.24. The lowest BCUT2D eigenvalue weighted by atomic mass is 10.1. The van der Waals surface area contributed by atoms with Crippen molar-refractivity contribution in [1.29, 1.82) is 0 Å². The molecule has 0 fully saturated rings. The highest BCUT2D eigenvalue weighted by Gasteiger charge is 2.24. The quantitative estimate of drug-likeness (QED) is 0.576.